The number of hydrogen-bond donors (Lipinski definition) is 0. The van der Waals surface area contributed by atoms with Gasteiger partial charge in [-0.15, -0.1) is 0 Å². The lowest BCUT2D eigenvalue weighted by molar-refractivity contribution is 1.66. The van der Waals surface area contributed by atoms with Crippen LogP contribution in [0.2, 0.25) is 0 Å². The third kappa shape index (κ3) is 5.64. The summed E-state index contributed by atoms with van der Waals surface area (Å²) in [7, 11) is -0.768. The van der Waals surface area contributed by atoms with Gasteiger partial charge in [0.1, 0.15) is 6.15 Å². The zero-order chi connectivity index (χ0) is 24.6. The molecule has 0 saturated carbocycles. The Hall–Kier alpha value is -3.41. The minimum Gasteiger partial charge on any atom is -0.195 e. The van der Waals surface area contributed by atoms with Crippen LogP contribution in [-0.2, 0) is 0 Å². The van der Waals surface area contributed by atoms with E-state index in [4.69, 9.17) is 0 Å². The third-order valence-corrected chi connectivity index (χ3v) is 8.58. The number of rotatable bonds is 5. The monoisotopic (exact) mass is 472 g/mol. The molecule has 0 amide bonds. The molecule has 0 aromatic heterocycles. The minimum absolute atomic E-state index is 0.768. The van der Waals surface area contributed by atoms with E-state index in [0.29, 0.717) is 0 Å². The number of hydrogen-bond acceptors (Lipinski definition) is 0. The second-order valence-electron chi connectivity index (χ2n) is 9.86. The molecule has 2 heteroatoms. The van der Waals surface area contributed by atoms with E-state index in [-0.39, 0.29) is 0 Å². The van der Waals surface area contributed by atoms with Gasteiger partial charge in [-0.3, -0.25) is 0 Å². The van der Waals surface area contributed by atoms with Crippen molar-refractivity contribution < 1.29 is 0 Å². The van der Waals surface area contributed by atoms with Gasteiger partial charge in [-0.25, -0.2) is 0 Å². The molecule has 0 aliphatic heterocycles. The van der Waals surface area contributed by atoms with Crippen molar-refractivity contribution >= 4 is 40.6 Å². The fourth-order valence-electron chi connectivity index (χ4n) is 5.00. The van der Waals surface area contributed by atoms with E-state index in [1.807, 2.05) is 0 Å². The first-order valence-corrected chi connectivity index (χ1v) is 15.4. The van der Waals surface area contributed by atoms with Crippen molar-refractivity contribution in [2.45, 2.75) is 0 Å². The van der Waals surface area contributed by atoms with Crippen LogP contribution >= 0.6 is 7.26 Å². The van der Waals surface area contributed by atoms with Crippen LogP contribution in [0.25, 0.3) is 0 Å². The van der Waals surface area contributed by atoms with Crippen molar-refractivity contribution in [2.24, 2.45) is 0 Å². The van der Waals surface area contributed by atoms with Gasteiger partial charge in [0.05, 0.1) is 25.3 Å². The zero-order valence-corrected chi connectivity index (χ0v) is 21.9. The highest BCUT2D eigenvalue weighted by atomic mass is 31.2. The summed E-state index contributed by atoms with van der Waals surface area (Å²) < 4.78 is 0. The highest BCUT2D eigenvalue weighted by molar-refractivity contribution is 7.80. The molecule has 0 saturated heterocycles. The Morgan fingerprint density at radius 3 is 0.771 bits per heavy atom. The predicted octanol–water partition coefficient (Wildman–Crippen LogP) is 5.28. The van der Waals surface area contributed by atoms with Crippen LogP contribution in [0, 0.1) is 0 Å². The summed E-state index contributed by atoms with van der Waals surface area (Å²) in [6, 6.07) is 54.3. The molecule has 0 bridgehead atoms. The van der Waals surface area contributed by atoms with Crippen LogP contribution in [0.15, 0.2) is 152 Å². The lowest BCUT2D eigenvalue weighted by Crippen LogP contribution is -2.74. The SMILES string of the molecule is C[P+](C)(C)c1ccccc1.c1ccc([B-](c2ccccc2)(c2ccccc2)c2ccccc2)cc1. The second-order valence-corrected chi connectivity index (χ2v) is 14.4. The topological polar surface area (TPSA) is 0 Å². The normalized spacial score (nSPS) is 11.3. The van der Waals surface area contributed by atoms with Crippen LogP contribution < -0.4 is 27.2 Å². The summed E-state index contributed by atoms with van der Waals surface area (Å²) in [6.07, 6.45) is -1.22. The average Bonchev–Trinajstić information content (AvgIpc) is 2.92. The molecule has 0 atom stereocenters. The molecule has 0 heterocycles. The van der Waals surface area contributed by atoms with Gasteiger partial charge in [0.2, 0.25) is 0 Å². The maximum atomic E-state index is 2.34. The van der Waals surface area contributed by atoms with Gasteiger partial charge in [-0.05, 0) is 12.1 Å². The van der Waals surface area contributed by atoms with Crippen molar-refractivity contribution in [3.63, 3.8) is 0 Å². The van der Waals surface area contributed by atoms with Gasteiger partial charge >= 0.3 is 0 Å². The lowest BCUT2D eigenvalue weighted by atomic mass is 9.13. The van der Waals surface area contributed by atoms with Gasteiger partial charge in [0.15, 0.2) is 0 Å². The van der Waals surface area contributed by atoms with Crippen LogP contribution in [0.3, 0.4) is 0 Å². The highest BCUT2D eigenvalue weighted by Gasteiger charge is 2.31. The molecule has 5 aromatic carbocycles. The Morgan fingerprint density at radius 2 is 0.571 bits per heavy atom. The summed E-state index contributed by atoms with van der Waals surface area (Å²) in [6.45, 7) is 7.01. The largest absolute Gasteiger partial charge is 0.195 e. The third-order valence-electron chi connectivity index (χ3n) is 6.73. The summed E-state index contributed by atoms with van der Waals surface area (Å²) in [4.78, 5) is 0. The van der Waals surface area contributed by atoms with E-state index >= 15 is 0 Å². The molecule has 0 spiro atoms. The van der Waals surface area contributed by atoms with E-state index in [0.717, 1.165) is 0 Å². The summed E-state index contributed by atoms with van der Waals surface area (Å²) in [5, 5.41) is 1.51. The Kier molecular flexibility index (Phi) is 8.01. The Bertz CT molecular complexity index is 1120. The van der Waals surface area contributed by atoms with Crippen molar-refractivity contribution in [1.82, 2.24) is 0 Å². The van der Waals surface area contributed by atoms with Crippen molar-refractivity contribution in [3.05, 3.63) is 152 Å². The first-order valence-electron chi connectivity index (χ1n) is 12.3. The van der Waals surface area contributed by atoms with Crippen molar-refractivity contribution in [3.8, 4) is 0 Å². The van der Waals surface area contributed by atoms with E-state index in [9.17, 15) is 0 Å². The van der Waals surface area contributed by atoms with Gasteiger partial charge in [-0.2, -0.15) is 21.9 Å². The fourth-order valence-corrected chi connectivity index (χ4v) is 6.06. The molecule has 0 fully saturated rings. The van der Waals surface area contributed by atoms with Crippen LogP contribution in [0.5, 0.6) is 0 Å². The molecular formula is C33H34BP. The minimum atomic E-state index is -1.22. The molecule has 0 aliphatic carbocycles. The first kappa shape index (κ1) is 24.7. The van der Waals surface area contributed by atoms with Gasteiger partial charge in [0.25, 0.3) is 0 Å². The van der Waals surface area contributed by atoms with Crippen LogP contribution in [0.1, 0.15) is 0 Å². The highest BCUT2D eigenvalue weighted by Crippen LogP contribution is 2.44. The second kappa shape index (κ2) is 11.3. The van der Waals surface area contributed by atoms with Gasteiger partial charge in [-0.1, -0.05) is 140 Å². The van der Waals surface area contributed by atoms with Crippen LogP contribution in [0.4, 0.5) is 0 Å². The predicted molar refractivity (Wildman–Crippen MR) is 161 cm³/mol. The molecule has 5 aromatic rings. The molecule has 0 nitrogen and oxygen atoms in total. The Labute approximate surface area is 212 Å². The molecule has 0 unspecified atom stereocenters. The van der Waals surface area contributed by atoms with Crippen molar-refractivity contribution in [1.29, 1.82) is 0 Å². The summed E-state index contributed by atoms with van der Waals surface area (Å²) >= 11 is 0. The molecule has 5 rings (SSSR count). The summed E-state index contributed by atoms with van der Waals surface area (Å²) in [5.74, 6) is 0. The van der Waals surface area contributed by atoms with E-state index in [2.05, 4.69) is 172 Å². The average molecular weight is 472 g/mol. The number of benzene rings is 5. The lowest BCUT2D eigenvalue weighted by Gasteiger charge is -2.44. The smallest absolute Gasteiger partial charge is 0.108 e. The van der Waals surface area contributed by atoms with E-state index < -0.39 is 13.4 Å². The molecular weight excluding hydrogens is 438 g/mol. The molecule has 0 aliphatic rings. The molecule has 0 N–H and O–H groups in total. The van der Waals surface area contributed by atoms with E-state index in [1.54, 1.807) is 0 Å². The van der Waals surface area contributed by atoms with Crippen LogP contribution in [-0.4, -0.2) is 26.1 Å². The molecule has 35 heavy (non-hydrogen) atoms. The zero-order valence-electron chi connectivity index (χ0n) is 21.0. The molecule has 174 valence electrons. The fraction of sp³-hybridized carbons (Fsp3) is 0.0909. The summed E-state index contributed by atoms with van der Waals surface area (Å²) in [5.41, 5.74) is 5.36. The Balaban J connectivity index is 0.000000243. The molecule has 0 radical (unpaired) electrons. The maximum absolute atomic E-state index is 2.34. The van der Waals surface area contributed by atoms with Crippen molar-refractivity contribution in [2.75, 3.05) is 20.0 Å². The van der Waals surface area contributed by atoms with Gasteiger partial charge in [0, 0.05) is 7.26 Å². The maximum Gasteiger partial charge on any atom is 0.108 e. The first-order chi connectivity index (χ1) is 17.0. The Morgan fingerprint density at radius 1 is 0.343 bits per heavy atom. The standard InChI is InChI=1S/C24H20B.C9H14P/c1-5-13-21(14-6-1)25(22-15-7-2-8-16-22,23-17-9-3-10-18-23)24-19-11-4-12-20-24;1-10(2,3)9-7-5-4-6-8-9/h1-20H;4-8H,1-3H3/q-1;+1. The quantitative estimate of drug-likeness (QED) is 0.241. The van der Waals surface area contributed by atoms with Gasteiger partial charge < -0.3 is 0 Å². The van der Waals surface area contributed by atoms with E-state index in [1.165, 1.54) is 27.2 Å².